The molecule has 2 rings (SSSR count). The normalized spacial score (nSPS) is 23.3. The number of hydrogen-bond donors (Lipinski definition) is 0. The lowest BCUT2D eigenvalue weighted by molar-refractivity contribution is 0.0987. The number of benzene rings is 1. The molecule has 0 bridgehead atoms. The summed E-state index contributed by atoms with van der Waals surface area (Å²) >= 11 is 0. The second-order valence-corrected chi connectivity index (χ2v) is 6.49. The zero-order chi connectivity index (χ0) is 14.0. The molecule has 1 aliphatic rings. The van der Waals surface area contributed by atoms with Crippen molar-refractivity contribution in [3.05, 3.63) is 41.0 Å². The third-order valence-corrected chi connectivity index (χ3v) is 5.30. The fourth-order valence-electron chi connectivity index (χ4n) is 2.14. The van der Waals surface area contributed by atoms with Crippen molar-refractivity contribution < 1.29 is 13.7 Å². The van der Waals surface area contributed by atoms with Crippen LogP contribution in [0, 0.1) is 0 Å². The van der Waals surface area contributed by atoms with Crippen LogP contribution < -0.4 is 4.74 Å². The van der Waals surface area contributed by atoms with E-state index in [0.717, 1.165) is 5.57 Å². The first-order chi connectivity index (χ1) is 9.02. The summed E-state index contributed by atoms with van der Waals surface area (Å²) in [5, 5.41) is -0.405. The molecule has 2 atom stereocenters. The van der Waals surface area contributed by atoms with Crippen molar-refractivity contribution in [1.82, 2.24) is 0 Å². The van der Waals surface area contributed by atoms with Crippen LogP contribution in [0.3, 0.4) is 0 Å². The quantitative estimate of drug-likeness (QED) is 0.631. The van der Waals surface area contributed by atoms with Crippen molar-refractivity contribution >= 4 is 16.6 Å². The average Bonchev–Trinajstić information content (AvgIpc) is 2.42. The Morgan fingerprint density at radius 3 is 2.42 bits per heavy atom. The van der Waals surface area contributed by atoms with Crippen LogP contribution in [0.1, 0.15) is 30.6 Å². The van der Waals surface area contributed by atoms with Gasteiger partial charge in [0.1, 0.15) is 11.0 Å². The van der Waals surface area contributed by atoms with Gasteiger partial charge in [-0.1, -0.05) is 11.1 Å². The molecular formula is C15H18O3S. The van der Waals surface area contributed by atoms with Crippen LogP contribution in [0.5, 0.6) is 5.75 Å². The number of allylic oxidation sites excluding steroid dienone is 1. The summed E-state index contributed by atoms with van der Waals surface area (Å²) < 4.78 is 17.2. The molecule has 1 heterocycles. The Hall–Kier alpha value is -1.42. The molecule has 0 saturated heterocycles. The molecule has 0 unspecified atom stereocenters. The molecule has 4 heteroatoms. The number of rotatable bonds is 3. The topological polar surface area (TPSA) is 43.4 Å². The number of carbonyl (C=O) groups excluding carboxylic acids is 1. The van der Waals surface area contributed by atoms with E-state index in [0.29, 0.717) is 23.5 Å². The fraction of sp³-hybridized carbons (Fsp3) is 0.400. The van der Waals surface area contributed by atoms with E-state index in [4.69, 9.17) is 4.74 Å². The van der Waals surface area contributed by atoms with E-state index in [1.807, 2.05) is 13.8 Å². The highest BCUT2D eigenvalue weighted by atomic mass is 32.2. The standard InChI is InChI=1S/C15H18O3S/c1-10-8-14(19(17)9-11(10)2)15(16)12-4-6-13(18-3)7-5-12/h4-7,14H,8-9H2,1-3H3/t14-,19+/m1/s1. The summed E-state index contributed by atoms with van der Waals surface area (Å²) in [6.07, 6.45) is 0.601. The average molecular weight is 278 g/mol. The number of ketones is 1. The van der Waals surface area contributed by atoms with Crippen molar-refractivity contribution in [3.63, 3.8) is 0 Å². The minimum atomic E-state index is -1.11. The van der Waals surface area contributed by atoms with Crippen molar-refractivity contribution in [2.24, 2.45) is 0 Å². The minimum absolute atomic E-state index is 0.0344. The summed E-state index contributed by atoms with van der Waals surface area (Å²) in [5.74, 6) is 1.19. The molecule has 0 fully saturated rings. The first-order valence-electron chi connectivity index (χ1n) is 6.23. The highest BCUT2D eigenvalue weighted by Crippen LogP contribution is 2.25. The summed E-state index contributed by atoms with van der Waals surface area (Å²) in [6, 6.07) is 6.98. The van der Waals surface area contributed by atoms with Gasteiger partial charge in [-0.25, -0.2) is 0 Å². The Balaban J connectivity index is 2.22. The molecule has 0 spiro atoms. The molecule has 1 aromatic carbocycles. The van der Waals surface area contributed by atoms with E-state index in [2.05, 4.69) is 0 Å². The van der Waals surface area contributed by atoms with E-state index in [1.165, 1.54) is 5.57 Å². The van der Waals surface area contributed by atoms with Gasteiger partial charge < -0.3 is 4.74 Å². The molecule has 0 radical (unpaired) electrons. The lowest BCUT2D eigenvalue weighted by atomic mass is 10.00. The van der Waals surface area contributed by atoms with Crippen LogP contribution in [0.4, 0.5) is 0 Å². The van der Waals surface area contributed by atoms with Crippen LogP contribution >= 0.6 is 0 Å². The SMILES string of the molecule is COc1ccc(C(=O)[C@H]2CC(C)=C(C)C[S@@]2=O)cc1. The molecule has 102 valence electrons. The van der Waals surface area contributed by atoms with E-state index in [9.17, 15) is 9.00 Å². The molecule has 1 aromatic rings. The molecule has 19 heavy (non-hydrogen) atoms. The van der Waals surface area contributed by atoms with Gasteiger partial charge in [-0.05, 0) is 44.5 Å². The maximum absolute atomic E-state index is 12.4. The summed E-state index contributed by atoms with van der Waals surface area (Å²) in [4.78, 5) is 12.4. The molecule has 0 N–H and O–H groups in total. The third kappa shape index (κ3) is 2.95. The number of ether oxygens (including phenoxy) is 1. The lowest BCUT2D eigenvalue weighted by Crippen LogP contribution is -2.31. The number of carbonyl (C=O) groups is 1. The Morgan fingerprint density at radius 1 is 1.21 bits per heavy atom. The first kappa shape index (κ1) is 14.0. The molecule has 0 saturated carbocycles. The van der Waals surface area contributed by atoms with Crippen LogP contribution in [0.25, 0.3) is 0 Å². The molecule has 0 aromatic heterocycles. The maximum Gasteiger partial charge on any atom is 0.178 e. The summed E-state index contributed by atoms with van der Waals surface area (Å²) in [6.45, 7) is 4.00. The summed E-state index contributed by atoms with van der Waals surface area (Å²) in [7, 11) is 0.482. The highest BCUT2D eigenvalue weighted by molar-refractivity contribution is 7.86. The fourth-order valence-corrected chi connectivity index (χ4v) is 3.82. The van der Waals surface area contributed by atoms with E-state index < -0.39 is 16.0 Å². The van der Waals surface area contributed by atoms with E-state index in [-0.39, 0.29) is 5.78 Å². The van der Waals surface area contributed by atoms with Crippen LogP contribution in [0.2, 0.25) is 0 Å². The van der Waals surface area contributed by atoms with Crippen LogP contribution in [0.15, 0.2) is 35.4 Å². The second-order valence-electron chi connectivity index (χ2n) is 4.87. The van der Waals surface area contributed by atoms with Gasteiger partial charge >= 0.3 is 0 Å². The van der Waals surface area contributed by atoms with E-state index >= 15 is 0 Å². The Labute approximate surface area is 116 Å². The van der Waals surface area contributed by atoms with Crippen LogP contribution in [-0.4, -0.2) is 28.1 Å². The summed E-state index contributed by atoms with van der Waals surface area (Å²) in [5.41, 5.74) is 2.94. The predicted molar refractivity (Wildman–Crippen MR) is 77.1 cm³/mol. The molecule has 0 amide bonds. The monoisotopic (exact) mass is 278 g/mol. The van der Waals surface area contributed by atoms with Gasteiger partial charge in [0.25, 0.3) is 0 Å². The highest BCUT2D eigenvalue weighted by Gasteiger charge is 2.30. The Bertz CT molecular complexity index is 543. The Morgan fingerprint density at radius 2 is 1.84 bits per heavy atom. The van der Waals surface area contributed by atoms with Crippen LogP contribution in [-0.2, 0) is 10.8 Å². The van der Waals surface area contributed by atoms with Crippen molar-refractivity contribution in [3.8, 4) is 5.75 Å². The van der Waals surface area contributed by atoms with Gasteiger partial charge in [-0.2, -0.15) is 0 Å². The third-order valence-electron chi connectivity index (χ3n) is 3.56. The van der Waals surface area contributed by atoms with Gasteiger partial charge in [0.15, 0.2) is 5.78 Å². The Kier molecular flexibility index (Phi) is 4.20. The van der Waals surface area contributed by atoms with Gasteiger partial charge in [-0.15, -0.1) is 0 Å². The predicted octanol–water partition coefficient (Wildman–Crippen LogP) is 2.74. The van der Waals surface area contributed by atoms with Gasteiger partial charge in [-0.3, -0.25) is 9.00 Å². The second kappa shape index (κ2) is 5.70. The molecule has 0 aliphatic carbocycles. The zero-order valence-electron chi connectivity index (χ0n) is 11.4. The molecular weight excluding hydrogens is 260 g/mol. The van der Waals surface area contributed by atoms with E-state index in [1.54, 1.807) is 31.4 Å². The molecule has 1 aliphatic heterocycles. The van der Waals surface area contributed by atoms with Gasteiger partial charge in [0, 0.05) is 22.1 Å². The molecule has 3 nitrogen and oxygen atoms in total. The lowest BCUT2D eigenvalue weighted by Gasteiger charge is -2.22. The zero-order valence-corrected chi connectivity index (χ0v) is 12.3. The maximum atomic E-state index is 12.4. The number of Topliss-reactive ketones (excluding diaryl/α,β-unsaturated/α-hetero) is 1. The number of methoxy groups -OCH3 is 1. The smallest absolute Gasteiger partial charge is 0.178 e. The minimum Gasteiger partial charge on any atom is -0.497 e. The van der Waals surface area contributed by atoms with Gasteiger partial charge in [0.05, 0.1) is 7.11 Å². The largest absolute Gasteiger partial charge is 0.497 e. The van der Waals surface area contributed by atoms with Crippen molar-refractivity contribution in [2.45, 2.75) is 25.5 Å². The first-order valence-corrected chi connectivity index (χ1v) is 7.62. The van der Waals surface area contributed by atoms with Gasteiger partial charge in [0.2, 0.25) is 0 Å². The number of hydrogen-bond acceptors (Lipinski definition) is 3. The van der Waals surface area contributed by atoms with Crippen molar-refractivity contribution in [1.29, 1.82) is 0 Å². The van der Waals surface area contributed by atoms with Crippen molar-refractivity contribution in [2.75, 3.05) is 12.9 Å².